The fraction of sp³-hybridized carbons (Fsp3) is 0.250. The van der Waals surface area contributed by atoms with Crippen molar-refractivity contribution in [3.05, 3.63) is 35.3 Å². The zero-order valence-corrected chi connectivity index (χ0v) is 11.8. The molecule has 1 aliphatic heterocycles. The maximum Gasteiger partial charge on any atom is 0.240 e. The molecule has 1 unspecified atom stereocenters. The van der Waals surface area contributed by atoms with E-state index in [2.05, 4.69) is 10.2 Å². The Bertz CT molecular complexity index is 588. The normalized spacial score (nSPS) is 18.9. The highest BCUT2D eigenvalue weighted by Gasteiger charge is 2.35. The number of amides is 1. The first kappa shape index (κ1) is 12.4. The summed E-state index contributed by atoms with van der Waals surface area (Å²) < 4.78 is 5.23. The lowest BCUT2D eigenvalue weighted by Crippen LogP contribution is -2.27. The van der Waals surface area contributed by atoms with Crippen LogP contribution in [0.2, 0.25) is 0 Å². The summed E-state index contributed by atoms with van der Waals surface area (Å²) in [5.74, 6) is 1.31. The number of rotatable bonds is 3. The molecule has 1 atom stereocenters. The van der Waals surface area contributed by atoms with E-state index in [9.17, 15) is 4.79 Å². The van der Waals surface area contributed by atoms with Gasteiger partial charge in [0.2, 0.25) is 11.0 Å². The van der Waals surface area contributed by atoms with E-state index < -0.39 is 0 Å². The molecule has 1 aliphatic rings. The molecule has 1 saturated heterocycles. The van der Waals surface area contributed by atoms with Crippen molar-refractivity contribution in [2.24, 2.45) is 0 Å². The minimum absolute atomic E-state index is 0.0597. The van der Waals surface area contributed by atoms with Gasteiger partial charge in [-0.1, -0.05) is 23.5 Å². The molecule has 1 aromatic heterocycles. The van der Waals surface area contributed by atoms with E-state index in [4.69, 9.17) is 4.74 Å². The Kier molecular flexibility index (Phi) is 3.39. The molecule has 1 amide bonds. The monoisotopic (exact) mass is 293 g/mol. The summed E-state index contributed by atoms with van der Waals surface area (Å²) >= 11 is 2.96. The molecule has 5 nitrogen and oxygen atoms in total. The van der Waals surface area contributed by atoms with Gasteiger partial charge in [0, 0.05) is 0 Å². The fourth-order valence-electron chi connectivity index (χ4n) is 1.94. The Morgan fingerprint density at radius 3 is 3.11 bits per heavy atom. The van der Waals surface area contributed by atoms with Gasteiger partial charge in [0.1, 0.15) is 16.6 Å². The second-order valence-corrected chi connectivity index (χ2v) is 5.81. The minimum atomic E-state index is -0.0597. The van der Waals surface area contributed by atoms with Gasteiger partial charge in [-0.15, -0.1) is 22.0 Å². The van der Waals surface area contributed by atoms with Gasteiger partial charge in [-0.2, -0.15) is 0 Å². The maximum atomic E-state index is 12.0. The first-order valence-corrected chi connectivity index (χ1v) is 7.56. The zero-order valence-electron chi connectivity index (χ0n) is 10.1. The van der Waals surface area contributed by atoms with Gasteiger partial charge in [-0.25, -0.2) is 0 Å². The largest absolute Gasteiger partial charge is 0.497 e. The quantitative estimate of drug-likeness (QED) is 0.869. The molecule has 2 aromatic rings. The number of carbonyl (C=O) groups is 1. The number of aromatic nitrogens is 2. The number of carbonyl (C=O) groups excluding carboxylic acids is 1. The van der Waals surface area contributed by atoms with E-state index in [1.165, 1.54) is 11.3 Å². The van der Waals surface area contributed by atoms with Gasteiger partial charge < -0.3 is 4.74 Å². The molecular formula is C12H11N3O2S2. The predicted octanol–water partition coefficient (Wildman–Crippen LogP) is 2.33. The zero-order chi connectivity index (χ0) is 13.2. The van der Waals surface area contributed by atoms with Gasteiger partial charge in [-0.05, 0) is 17.7 Å². The number of thioether (sulfide) groups is 1. The Hall–Kier alpha value is -1.60. The second kappa shape index (κ2) is 5.18. The number of benzene rings is 1. The van der Waals surface area contributed by atoms with Gasteiger partial charge in [0.25, 0.3) is 0 Å². The van der Waals surface area contributed by atoms with E-state index in [-0.39, 0.29) is 11.3 Å². The highest BCUT2D eigenvalue weighted by atomic mass is 32.2. The molecule has 0 bridgehead atoms. The second-order valence-electron chi connectivity index (χ2n) is 3.93. The number of hydrogen-bond donors (Lipinski definition) is 0. The van der Waals surface area contributed by atoms with Crippen LogP contribution in [0.1, 0.15) is 10.9 Å². The van der Waals surface area contributed by atoms with E-state index >= 15 is 0 Å². The standard InChI is InChI=1S/C12H11N3O2S2/c1-17-9-4-2-3-8(5-9)11-15(10(16)6-18-11)12-14-13-7-19-12/h2-5,7,11H,6H2,1H3. The van der Waals surface area contributed by atoms with Crippen molar-refractivity contribution in [2.45, 2.75) is 5.37 Å². The summed E-state index contributed by atoms with van der Waals surface area (Å²) in [7, 11) is 1.63. The lowest BCUT2D eigenvalue weighted by atomic mass is 10.2. The van der Waals surface area contributed by atoms with Crippen LogP contribution < -0.4 is 9.64 Å². The van der Waals surface area contributed by atoms with Crippen molar-refractivity contribution in [3.8, 4) is 5.75 Å². The third-order valence-corrected chi connectivity index (χ3v) is 4.70. The molecule has 1 fully saturated rings. The fourth-order valence-corrected chi connectivity index (χ4v) is 3.76. The summed E-state index contributed by atoms with van der Waals surface area (Å²) in [6.07, 6.45) is 0. The van der Waals surface area contributed by atoms with Crippen LogP contribution >= 0.6 is 23.1 Å². The first-order chi connectivity index (χ1) is 9.29. The van der Waals surface area contributed by atoms with Crippen molar-refractivity contribution < 1.29 is 9.53 Å². The average molecular weight is 293 g/mol. The van der Waals surface area contributed by atoms with Gasteiger partial charge >= 0.3 is 0 Å². The molecule has 0 radical (unpaired) electrons. The SMILES string of the molecule is COc1cccc(C2SCC(=O)N2c2nncs2)c1. The average Bonchev–Trinajstić information content (AvgIpc) is 3.07. The Morgan fingerprint density at radius 2 is 2.37 bits per heavy atom. The molecule has 0 N–H and O–H groups in total. The number of methoxy groups -OCH3 is 1. The van der Waals surface area contributed by atoms with Crippen molar-refractivity contribution in [1.29, 1.82) is 0 Å². The predicted molar refractivity (Wildman–Crippen MR) is 75.6 cm³/mol. The number of anilines is 1. The first-order valence-electron chi connectivity index (χ1n) is 5.63. The number of ether oxygens (including phenoxy) is 1. The van der Waals surface area contributed by atoms with Crippen LogP contribution in [0.4, 0.5) is 5.13 Å². The van der Waals surface area contributed by atoms with E-state index in [1.54, 1.807) is 29.3 Å². The van der Waals surface area contributed by atoms with Gasteiger partial charge in [0.15, 0.2) is 0 Å². The molecule has 2 heterocycles. The van der Waals surface area contributed by atoms with E-state index in [0.717, 1.165) is 11.3 Å². The Labute approximate surface area is 118 Å². The molecule has 7 heteroatoms. The van der Waals surface area contributed by atoms with Crippen molar-refractivity contribution >= 4 is 34.1 Å². The Morgan fingerprint density at radius 1 is 1.47 bits per heavy atom. The Balaban J connectivity index is 1.96. The number of hydrogen-bond acceptors (Lipinski definition) is 6. The lowest BCUT2D eigenvalue weighted by Gasteiger charge is -2.21. The third kappa shape index (κ3) is 2.31. The highest BCUT2D eigenvalue weighted by molar-refractivity contribution is 8.00. The van der Waals surface area contributed by atoms with Crippen LogP contribution in [0.3, 0.4) is 0 Å². The minimum Gasteiger partial charge on any atom is -0.497 e. The van der Waals surface area contributed by atoms with Crippen molar-refractivity contribution in [2.75, 3.05) is 17.8 Å². The van der Waals surface area contributed by atoms with Gasteiger partial charge in [-0.3, -0.25) is 9.69 Å². The molecule has 19 heavy (non-hydrogen) atoms. The molecule has 98 valence electrons. The smallest absolute Gasteiger partial charge is 0.240 e. The highest BCUT2D eigenvalue weighted by Crippen LogP contribution is 2.42. The van der Waals surface area contributed by atoms with Crippen molar-refractivity contribution in [3.63, 3.8) is 0 Å². The molecular weight excluding hydrogens is 282 g/mol. The van der Waals surface area contributed by atoms with Crippen LogP contribution in [0.5, 0.6) is 5.75 Å². The summed E-state index contributed by atoms with van der Waals surface area (Å²) in [5, 5.41) is 8.38. The van der Waals surface area contributed by atoms with Crippen LogP contribution in [0.15, 0.2) is 29.8 Å². The van der Waals surface area contributed by atoms with Crippen LogP contribution in [-0.4, -0.2) is 29.0 Å². The summed E-state index contributed by atoms with van der Waals surface area (Å²) in [6, 6.07) is 7.76. The van der Waals surface area contributed by atoms with Crippen LogP contribution in [0, 0.1) is 0 Å². The van der Waals surface area contributed by atoms with Crippen LogP contribution in [0.25, 0.3) is 0 Å². The molecule has 1 aromatic carbocycles. The third-order valence-electron chi connectivity index (χ3n) is 2.80. The molecule has 0 saturated carbocycles. The van der Waals surface area contributed by atoms with E-state index in [1.807, 2.05) is 24.3 Å². The molecule has 0 spiro atoms. The summed E-state index contributed by atoms with van der Waals surface area (Å²) in [6.45, 7) is 0. The summed E-state index contributed by atoms with van der Waals surface area (Å²) in [5.41, 5.74) is 2.67. The van der Waals surface area contributed by atoms with Crippen LogP contribution in [-0.2, 0) is 4.79 Å². The maximum absolute atomic E-state index is 12.0. The summed E-state index contributed by atoms with van der Waals surface area (Å²) in [4.78, 5) is 13.7. The molecule has 3 rings (SSSR count). The van der Waals surface area contributed by atoms with Crippen molar-refractivity contribution in [1.82, 2.24) is 10.2 Å². The van der Waals surface area contributed by atoms with Gasteiger partial charge in [0.05, 0.1) is 12.9 Å². The number of nitrogens with zero attached hydrogens (tertiary/aromatic N) is 3. The molecule has 0 aliphatic carbocycles. The lowest BCUT2D eigenvalue weighted by molar-refractivity contribution is -0.115. The topological polar surface area (TPSA) is 55.3 Å². The van der Waals surface area contributed by atoms with E-state index in [0.29, 0.717) is 10.9 Å².